The van der Waals surface area contributed by atoms with Crippen molar-refractivity contribution < 1.29 is 14.3 Å². The van der Waals surface area contributed by atoms with Crippen molar-refractivity contribution in [2.24, 2.45) is 0 Å². The Morgan fingerprint density at radius 3 is 2.25 bits per heavy atom. The van der Waals surface area contributed by atoms with Crippen molar-refractivity contribution in [1.29, 1.82) is 0 Å². The Kier molecular flexibility index (Phi) is 4.04. The number of hydrogen-bond acceptors (Lipinski definition) is 3. The summed E-state index contributed by atoms with van der Waals surface area (Å²) >= 11 is 0. The average molecular weight is 328 g/mol. The Morgan fingerprint density at radius 2 is 1.67 bits per heavy atom. The highest BCUT2D eigenvalue weighted by atomic mass is 16.5. The molecule has 0 N–H and O–H groups in total. The number of amides is 2. The molecular weight excluding hydrogens is 304 g/mol. The van der Waals surface area contributed by atoms with E-state index in [0.29, 0.717) is 32.8 Å². The fourth-order valence-electron chi connectivity index (χ4n) is 3.92. The summed E-state index contributed by atoms with van der Waals surface area (Å²) in [7, 11) is 0. The topological polar surface area (TPSA) is 49.9 Å². The smallest absolute Gasteiger partial charge is 0.251 e. The lowest BCUT2D eigenvalue weighted by Gasteiger charge is -2.37. The minimum Gasteiger partial charge on any atom is -0.368 e. The highest BCUT2D eigenvalue weighted by Gasteiger charge is 2.53. The molecule has 1 atom stereocenters. The van der Waals surface area contributed by atoms with Crippen LogP contribution in [0.1, 0.15) is 31.2 Å². The number of ether oxygens (including phenoxy) is 1. The lowest BCUT2D eigenvalue weighted by Crippen LogP contribution is -2.54. The van der Waals surface area contributed by atoms with Gasteiger partial charge in [0.2, 0.25) is 5.91 Å². The van der Waals surface area contributed by atoms with Crippen molar-refractivity contribution in [1.82, 2.24) is 9.80 Å². The van der Waals surface area contributed by atoms with E-state index < -0.39 is 0 Å². The molecule has 1 aromatic rings. The summed E-state index contributed by atoms with van der Waals surface area (Å²) in [4.78, 5) is 29.2. The second kappa shape index (κ2) is 6.20. The molecule has 2 heterocycles. The van der Waals surface area contributed by atoms with E-state index in [4.69, 9.17) is 4.74 Å². The Labute approximate surface area is 142 Å². The van der Waals surface area contributed by atoms with Gasteiger partial charge in [-0.2, -0.15) is 0 Å². The predicted molar refractivity (Wildman–Crippen MR) is 89.5 cm³/mol. The van der Waals surface area contributed by atoms with Crippen LogP contribution in [0, 0.1) is 0 Å². The lowest BCUT2D eigenvalue weighted by molar-refractivity contribution is -0.146. The summed E-state index contributed by atoms with van der Waals surface area (Å²) in [6.07, 6.45) is 3.41. The molecule has 128 valence electrons. The first-order chi connectivity index (χ1) is 11.7. The number of carbonyl (C=O) groups excluding carboxylic acids is 2. The molecule has 2 amide bonds. The molecule has 1 saturated carbocycles. The molecule has 24 heavy (non-hydrogen) atoms. The maximum atomic E-state index is 13.0. The van der Waals surface area contributed by atoms with Crippen LogP contribution < -0.4 is 0 Å². The van der Waals surface area contributed by atoms with Crippen molar-refractivity contribution in [3.05, 3.63) is 35.9 Å². The summed E-state index contributed by atoms with van der Waals surface area (Å²) in [5.41, 5.74) is 0.829. The van der Waals surface area contributed by atoms with Gasteiger partial charge in [0.15, 0.2) is 0 Å². The minimum absolute atomic E-state index is 0.101. The number of piperazine rings is 1. The normalized spacial score (nSPS) is 25.6. The lowest BCUT2D eigenvalue weighted by atomic mass is 9.94. The van der Waals surface area contributed by atoms with Gasteiger partial charge in [0.05, 0.1) is 5.41 Å². The second-order valence-corrected chi connectivity index (χ2v) is 7.07. The zero-order valence-electron chi connectivity index (χ0n) is 13.9. The van der Waals surface area contributed by atoms with E-state index in [9.17, 15) is 9.59 Å². The van der Waals surface area contributed by atoms with Gasteiger partial charge in [-0.05, 0) is 31.2 Å². The standard InChI is InChI=1S/C19H24N2O3/c22-17(16-7-4-14-24-16)20-10-12-21(13-11-20)18(23)19(8-9-19)15-5-2-1-3-6-15/h1-3,5-6,16H,4,7-14H2/t16-/m0/s1. The molecule has 0 unspecified atom stereocenters. The first-order valence-corrected chi connectivity index (χ1v) is 8.96. The molecule has 0 bridgehead atoms. The van der Waals surface area contributed by atoms with Gasteiger partial charge in [-0.25, -0.2) is 0 Å². The van der Waals surface area contributed by atoms with Crippen LogP contribution in [0.25, 0.3) is 0 Å². The maximum absolute atomic E-state index is 13.0. The molecule has 0 spiro atoms. The molecular formula is C19H24N2O3. The summed E-state index contributed by atoms with van der Waals surface area (Å²) in [5.74, 6) is 0.335. The summed E-state index contributed by atoms with van der Waals surface area (Å²) in [6, 6.07) is 10.1. The Balaban J connectivity index is 1.37. The monoisotopic (exact) mass is 328 g/mol. The van der Waals surface area contributed by atoms with Crippen LogP contribution in [-0.2, 0) is 19.7 Å². The molecule has 0 radical (unpaired) electrons. The molecule has 1 aromatic carbocycles. The number of benzene rings is 1. The zero-order chi connectivity index (χ0) is 16.6. The Hall–Kier alpha value is -1.88. The quantitative estimate of drug-likeness (QED) is 0.846. The van der Waals surface area contributed by atoms with Crippen LogP contribution in [-0.4, -0.2) is 60.5 Å². The Morgan fingerprint density at radius 1 is 1.00 bits per heavy atom. The maximum Gasteiger partial charge on any atom is 0.251 e. The van der Waals surface area contributed by atoms with Crippen molar-refractivity contribution >= 4 is 11.8 Å². The molecule has 3 fully saturated rings. The zero-order valence-corrected chi connectivity index (χ0v) is 13.9. The third-order valence-electron chi connectivity index (χ3n) is 5.57. The number of rotatable bonds is 3. The molecule has 5 nitrogen and oxygen atoms in total. The third-order valence-corrected chi connectivity index (χ3v) is 5.57. The van der Waals surface area contributed by atoms with Crippen molar-refractivity contribution in [3.63, 3.8) is 0 Å². The highest BCUT2D eigenvalue weighted by Crippen LogP contribution is 2.49. The molecule has 4 rings (SSSR count). The predicted octanol–water partition coefficient (Wildman–Crippen LogP) is 1.57. The fourth-order valence-corrected chi connectivity index (χ4v) is 3.92. The average Bonchev–Trinajstić information content (AvgIpc) is 3.28. The van der Waals surface area contributed by atoms with Gasteiger partial charge in [0.1, 0.15) is 6.10 Å². The van der Waals surface area contributed by atoms with Crippen LogP contribution in [0.5, 0.6) is 0 Å². The third kappa shape index (κ3) is 2.71. The van der Waals surface area contributed by atoms with E-state index in [0.717, 1.165) is 31.2 Å². The van der Waals surface area contributed by atoms with Crippen molar-refractivity contribution in [2.75, 3.05) is 32.8 Å². The van der Waals surface area contributed by atoms with Crippen molar-refractivity contribution in [2.45, 2.75) is 37.2 Å². The van der Waals surface area contributed by atoms with Crippen LogP contribution in [0.4, 0.5) is 0 Å². The summed E-state index contributed by atoms with van der Waals surface area (Å²) in [5, 5.41) is 0. The fraction of sp³-hybridized carbons (Fsp3) is 0.579. The van der Waals surface area contributed by atoms with Gasteiger partial charge in [-0.3, -0.25) is 9.59 Å². The van der Waals surface area contributed by atoms with Gasteiger partial charge < -0.3 is 14.5 Å². The largest absolute Gasteiger partial charge is 0.368 e. The van der Waals surface area contributed by atoms with Crippen LogP contribution >= 0.6 is 0 Å². The number of hydrogen-bond donors (Lipinski definition) is 0. The molecule has 2 saturated heterocycles. The molecule has 3 aliphatic rings. The van der Waals surface area contributed by atoms with Gasteiger partial charge >= 0.3 is 0 Å². The summed E-state index contributed by atoms with van der Waals surface area (Å²) in [6.45, 7) is 3.19. The highest BCUT2D eigenvalue weighted by molar-refractivity contribution is 5.91. The number of carbonyl (C=O) groups is 2. The van der Waals surface area contributed by atoms with Crippen LogP contribution in [0.3, 0.4) is 0 Å². The Bertz CT molecular complexity index is 613. The van der Waals surface area contributed by atoms with E-state index in [1.54, 1.807) is 0 Å². The SMILES string of the molecule is O=C([C@@H]1CCCO1)N1CCN(C(=O)C2(c3ccccc3)CC2)CC1. The van der Waals surface area contributed by atoms with Gasteiger partial charge in [0.25, 0.3) is 5.91 Å². The minimum atomic E-state index is -0.304. The van der Waals surface area contributed by atoms with E-state index in [1.807, 2.05) is 28.0 Å². The molecule has 5 heteroatoms. The van der Waals surface area contributed by atoms with Crippen LogP contribution in [0.2, 0.25) is 0 Å². The first kappa shape index (κ1) is 15.6. The van der Waals surface area contributed by atoms with Crippen molar-refractivity contribution in [3.8, 4) is 0 Å². The second-order valence-electron chi connectivity index (χ2n) is 7.07. The first-order valence-electron chi connectivity index (χ1n) is 8.96. The van der Waals surface area contributed by atoms with Gasteiger partial charge in [0, 0.05) is 32.8 Å². The van der Waals surface area contributed by atoms with Gasteiger partial charge in [-0.15, -0.1) is 0 Å². The van der Waals surface area contributed by atoms with E-state index in [1.165, 1.54) is 0 Å². The number of nitrogens with zero attached hydrogens (tertiary/aromatic N) is 2. The molecule has 1 aliphatic carbocycles. The van der Waals surface area contributed by atoms with E-state index in [2.05, 4.69) is 12.1 Å². The molecule has 0 aromatic heterocycles. The molecule has 2 aliphatic heterocycles. The van der Waals surface area contributed by atoms with Crippen LogP contribution in [0.15, 0.2) is 30.3 Å². The van der Waals surface area contributed by atoms with E-state index >= 15 is 0 Å². The summed E-state index contributed by atoms with van der Waals surface area (Å²) < 4.78 is 5.49. The van der Waals surface area contributed by atoms with Gasteiger partial charge in [-0.1, -0.05) is 30.3 Å². The van der Waals surface area contributed by atoms with E-state index in [-0.39, 0.29) is 23.3 Å².